The van der Waals surface area contributed by atoms with Gasteiger partial charge in [0.05, 0.1) is 35.5 Å². The van der Waals surface area contributed by atoms with Crippen LogP contribution in [0.25, 0.3) is 32.3 Å². The van der Waals surface area contributed by atoms with Crippen molar-refractivity contribution in [3.8, 4) is 28.7 Å². The lowest BCUT2D eigenvalue weighted by atomic mass is 9.86. The van der Waals surface area contributed by atoms with Crippen molar-refractivity contribution < 1.29 is 23.7 Å². The van der Waals surface area contributed by atoms with Crippen LogP contribution in [0.5, 0.6) is 28.7 Å². The van der Waals surface area contributed by atoms with E-state index >= 15 is 0 Å². The summed E-state index contributed by atoms with van der Waals surface area (Å²) in [7, 11) is 8.10. The van der Waals surface area contributed by atoms with Gasteiger partial charge in [-0.2, -0.15) is 0 Å². The Hall–Kier alpha value is -4.97. The molecule has 0 amide bonds. The third-order valence-electron chi connectivity index (χ3n) is 8.98. The van der Waals surface area contributed by atoms with Crippen molar-refractivity contribution in [2.24, 2.45) is 0 Å². The number of ether oxygens (including phenoxy) is 5. The monoisotopic (exact) mass is 615 g/mol. The Morgan fingerprint density at radius 2 is 1.24 bits per heavy atom. The van der Waals surface area contributed by atoms with Gasteiger partial charge in [0, 0.05) is 17.3 Å². The molecule has 0 saturated carbocycles. The van der Waals surface area contributed by atoms with Crippen LogP contribution in [0.15, 0.2) is 85.1 Å². The van der Waals surface area contributed by atoms with E-state index in [0.717, 1.165) is 34.9 Å². The summed E-state index contributed by atoms with van der Waals surface area (Å²) in [5, 5.41) is 7.75. The lowest BCUT2D eigenvalue weighted by Gasteiger charge is -2.18. The van der Waals surface area contributed by atoms with Crippen molar-refractivity contribution in [1.29, 1.82) is 0 Å². The van der Waals surface area contributed by atoms with E-state index in [9.17, 15) is 0 Å². The fourth-order valence-corrected chi connectivity index (χ4v) is 6.64. The zero-order chi connectivity index (χ0) is 32.0. The van der Waals surface area contributed by atoms with Crippen LogP contribution < -0.4 is 23.7 Å². The molecule has 0 N–H and O–H groups in total. The van der Waals surface area contributed by atoms with Crippen LogP contribution in [0, 0.1) is 0 Å². The highest BCUT2D eigenvalue weighted by Crippen LogP contribution is 2.39. The Bertz CT molecular complexity index is 1980. The van der Waals surface area contributed by atoms with E-state index in [-0.39, 0.29) is 0 Å². The van der Waals surface area contributed by atoms with E-state index in [2.05, 4.69) is 53.5 Å². The molecule has 0 aliphatic heterocycles. The average molecular weight is 616 g/mol. The molecular formula is C40H41NO5. The van der Waals surface area contributed by atoms with Gasteiger partial charge in [-0.05, 0) is 112 Å². The molecule has 1 aliphatic carbocycles. The lowest BCUT2D eigenvalue weighted by molar-refractivity contribution is 0.324. The molecule has 0 saturated heterocycles. The molecular weight excluding hydrogens is 574 g/mol. The fourth-order valence-electron chi connectivity index (χ4n) is 6.64. The molecule has 0 fully saturated rings. The Kier molecular flexibility index (Phi) is 9.43. The first kappa shape index (κ1) is 31.0. The number of fused-ring (bicyclic) bond motifs is 6. The maximum absolute atomic E-state index is 5.45. The van der Waals surface area contributed by atoms with Gasteiger partial charge in [0.2, 0.25) is 5.75 Å². The number of pyridine rings is 1. The molecule has 0 radical (unpaired) electrons. The minimum absolute atomic E-state index is 0.592. The zero-order valence-electron chi connectivity index (χ0n) is 27.3. The predicted molar refractivity (Wildman–Crippen MR) is 186 cm³/mol. The van der Waals surface area contributed by atoms with Crippen molar-refractivity contribution in [2.75, 3.05) is 35.5 Å². The molecule has 236 valence electrons. The Balaban J connectivity index is 0.000000176. The number of nitrogens with zero attached hydrogens (tertiary/aromatic N) is 1. The van der Waals surface area contributed by atoms with Crippen molar-refractivity contribution in [1.82, 2.24) is 4.98 Å². The average Bonchev–Trinajstić information content (AvgIpc) is 3.12. The first-order chi connectivity index (χ1) is 22.6. The van der Waals surface area contributed by atoms with Gasteiger partial charge in [-0.15, -0.1) is 0 Å². The first-order valence-corrected chi connectivity index (χ1v) is 15.8. The summed E-state index contributed by atoms with van der Waals surface area (Å²) in [5.74, 6) is 3.28. The van der Waals surface area contributed by atoms with Crippen LogP contribution in [-0.4, -0.2) is 40.5 Å². The van der Waals surface area contributed by atoms with Gasteiger partial charge in [0.15, 0.2) is 23.0 Å². The van der Waals surface area contributed by atoms with Gasteiger partial charge in [-0.25, -0.2) is 0 Å². The topological polar surface area (TPSA) is 59.0 Å². The van der Waals surface area contributed by atoms with E-state index in [1.54, 1.807) is 46.7 Å². The summed E-state index contributed by atoms with van der Waals surface area (Å²) >= 11 is 0. The molecule has 0 bridgehead atoms. The second-order valence-electron chi connectivity index (χ2n) is 11.5. The van der Waals surface area contributed by atoms with Crippen LogP contribution in [0.3, 0.4) is 0 Å². The third kappa shape index (κ3) is 6.12. The zero-order valence-corrected chi connectivity index (χ0v) is 27.3. The minimum Gasteiger partial charge on any atom is -0.493 e. The molecule has 6 aromatic rings. The number of benzene rings is 5. The fraction of sp³-hybridized carbons (Fsp3) is 0.275. The molecule has 7 rings (SSSR count). The number of aryl methyl sites for hydroxylation is 4. The van der Waals surface area contributed by atoms with Crippen molar-refractivity contribution in [3.63, 3.8) is 0 Å². The lowest BCUT2D eigenvalue weighted by Crippen LogP contribution is -2.02. The molecule has 46 heavy (non-hydrogen) atoms. The summed E-state index contributed by atoms with van der Waals surface area (Å²) < 4.78 is 27.1. The van der Waals surface area contributed by atoms with Gasteiger partial charge in [0.1, 0.15) is 0 Å². The number of hydrogen-bond acceptors (Lipinski definition) is 6. The molecule has 1 heterocycles. The van der Waals surface area contributed by atoms with Crippen LogP contribution in [0.2, 0.25) is 0 Å². The largest absolute Gasteiger partial charge is 0.493 e. The highest BCUT2D eigenvalue weighted by molar-refractivity contribution is 6.08. The highest BCUT2D eigenvalue weighted by atomic mass is 16.5. The number of aromatic nitrogens is 1. The van der Waals surface area contributed by atoms with E-state index in [0.29, 0.717) is 28.7 Å². The van der Waals surface area contributed by atoms with Crippen LogP contribution >= 0.6 is 0 Å². The summed E-state index contributed by atoms with van der Waals surface area (Å²) in [6.45, 7) is 0. The maximum atomic E-state index is 5.45. The summed E-state index contributed by atoms with van der Waals surface area (Å²) in [5.41, 5.74) is 5.24. The summed E-state index contributed by atoms with van der Waals surface area (Å²) in [6.07, 6.45) is 8.57. The highest BCUT2D eigenvalue weighted by Gasteiger charge is 2.15. The molecule has 0 unspecified atom stereocenters. The molecule has 0 spiro atoms. The third-order valence-corrected chi connectivity index (χ3v) is 8.98. The van der Waals surface area contributed by atoms with Crippen molar-refractivity contribution in [2.45, 2.75) is 38.5 Å². The molecule has 6 heteroatoms. The van der Waals surface area contributed by atoms with E-state index in [1.807, 2.05) is 36.5 Å². The molecule has 1 aromatic heterocycles. The smallest absolute Gasteiger partial charge is 0.203 e. The second-order valence-corrected chi connectivity index (χ2v) is 11.5. The summed E-state index contributed by atoms with van der Waals surface area (Å²) in [4.78, 5) is 4.59. The van der Waals surface area contributed by atoms with E-state index < -0.39 is 0 Å². The molecule has 1 aliphatic rings. The predicted octanol–water partition coefficient (Wildman–Crippen LogP) is 8.93. The molecule has 0 atom stereocenters. The number of rotatable bonds is 8. The van der Waals surface area contributed by atoms with Gasteiger partial charge in [-0.1, -0.05) is 48.5 Å². The Labute approximate surface area is 270 Å². The van der Waals surface area contributed by atoms with Gasteiger partial charge >= 0.3 is 0 Å². The quantitative estimate of drug-likeness (QED) is 0.159. The first-order valence-electron chi connectivity index (χ1n) is 15.8. The van der Waals surface area contributed by atoms with E-state index in [4.69, 9.17) is 23.7 Å². The minimum atomic E-state index is 0.592. The van der Waals surface area contributed by atoms with Crippen LogP contribution in [0.1, 0.15) is 35.2 Å². The molecule has 5 aromatic carbocycles. The normalized spacial score (nSPS) is 12.3. The molecule has 6 nitrogen and oxygen atoms in total. The van der Waals surface area contributed by atoms with Crippen molar-refractivity contribution in [3.05, 3.63) is 107 Å². The number of methoxy groups -OCH3 is 5. The standard InChI is InChI=1S/C22H25NO5.C18H16/c1-24-18-12-15-8-9-23-17(16(15)13-19(18)25-2)7-6-14-10-20(26-3)22(28-5)21(11-14)27-4;1-3-7-15-13(5-1)9-11-18-16-8-4-2-6-14(16)10-12-17(15)18/h8-13H,6-7H2,1-5H3;1,3,5,7,9-12H,2,4,6,8H2. The SMILES string of the molecule is COc1cc2ccnc(CCc3cc(OC)c(OC)c(OC)c3)c2cc1OC.c1ccc2c(c1)ccc1c3c(ccc12)CCCC3. The second kappa shape index (κ2) is 14.0. The number of hydrogen-bond donors (Lipinski definition) is 0. The Morgan fingerprint density at radius 3 is 1.98 bits per heavy atom. The van der Waals surface area contributed by atoms with Gasteiger partial charge in [0.25, 0.3) is 0 Å². The van der Waals surface area contributed by atoms with Gasteiger partial charge < -0.3 is 23.7 Å². The van der Waals surface area contributed by atoms with E-state index in [1.165, 1.54) is 47.2 Å². The van der Waals surface area contributed by atoms with Crippen LogP contribution in [0.4, 0.5) is 0 Å². The summed E-state index contributed by atoms with van der Waals surface area (Å²) in [6, 6.07) is 27.8. The van der Waals surface area contributed by atoms with Gasteiger partial charge in [-0.3, -0.25) is 4.98 Å². The van der Waals surface area contributed by atoms with Crippen molar-refractivity contribution >= 4 is 32.3 Å². The Morgan fingerprint density at radius 1 is 0.543 bits per heavy atom. The van der Waals surface area contributed by atoms with Crippen LogP contribution in [-0.2, 0) is 25.7 Å². The maximum Gasteiger partial charge on any atom is 0.203 e.